The van der Waals surface area contributed by atoms with Crippen LogP contribution in [0.1, 0.15) is 34.1 Å². The normalized spacial score (nSPS) is 13.0. The van der Waals surface area contributed by atoms with E-state index in [1.165, 1.54) is 10.4 Å². The van der Waals surface area contributed by atoms with Crippen molar-refractivity contribution < 1.29 is 0 Å². The zero-order valence-electron chi connectivity index (χ0n) is 14.0. The molecule has 2 aromatic rings. The maximum absolute atomic E-state index is 4.47. The first-order chi connectivity index (χ1) is 11.0. The van der Waals surface area contributed by atoms with Gasteiger partial charge in [-0.1, -0.05) is 34.1 Å². The van der Waals surface area contributed by atoms with Crippen LogP contribution in [-0.2, 0) is 6.42 Å². The van der Waals surface area contributed by atoms with Gasteiger partial charge < -0.3 is 10.6 Å². The molecule has 124 valence electrons. The molecule has 0 aliphatic heterocycles. The first-order valence-electron chi connectivity index (χ1n) is 7.65. The molecular weight excluding hydrogens is 372 g/mol. The van der Waals surface area contributed by atoms with Gasteiger partial charge in [-0.25, -0.2) is 4.98 Å². The standard InChI is InChI=1S/C17H23BrN4S/c1-11(14-7-5-6-8-15(14)18)22-17(19-4)20-10-9-16-12(2)21-13(3)23-16/h5-8,11H,9-10H2,1-4H3,(H2,19,20,22). The lowest BCUT2D eigenvalue weighted by Gasteiger charge is -2.19. The lowest BCUT2D eigenvalue weighted by molar-refractivity contribution is 0.682. The molecule has 1 aromatic heterocycles. The van der Waals surface area contributed by atoms with Gasteiger partial charge >= 0.3 is 0 Å². The Bertz CT molecular complexity index is 681. The minimum absolute atomic E-state index is 0.171. The average Bonchev–Trinajstić information content (AvgIpc) is 2.84. The van der Waals surface area contributed by atoms with E-state index < -0.39 is 0 Å². The minimum atomic E-state index is 0.171. The van der Waals surface area contributed by atoms with Crippen LogP contribution in [0, 0.1) is 13.8 Å². The molecule has 2 rings (SSSR count). The number of guanidine groups is 1. The van der Waals surface area contributed by atoms with E-state index in [1.54, 1.807) is 18.4 Å². The molecular formula is C17H23BrN4S. The van der Waals surface area contributed by atoms with Crippen molar-refractivity contribution in [3.05, 3.63) is 49.9 Å². The van der Waals surface area contributed by atoms with Crippen molar-refractivity contribution >= 4 is 33.2 Å². The number of hydrogen-bond donors (Lipinski definition) is 2. The second-order valence-corrected chi connectivity index (χ2v) is 7.52. The topological polar surface area (TPSA) is 49.3 Å². The third-order valence-corrected chi connectivity index (χ3v) is 5.45. The summed E-state index contributed by atoms with van der Waals surface area (Å²) in [6, 6.07) is 8.40. The lowest BCUT2D eigenvalue weighted by Crippen LogP contribution is -2.39. The summed E-state index contributed by atoms with van der Waals surface area (Å²) in [6.45, 7) is 7.09. The third-order valence-electron chi connectivity index (χ3n) is 3.59. The predicted molar refractivity (Wildman–Crippen MR) is 102 cm³/mol. The number of aliphatic imine (C=N–C) groups is 1. The Morgan fingerprint density at radius 3 is 2.70 bits per heavy atom. The molecule has 0 aliphatic carbocycles. The van der Waals surface area contributed by atoms with Crippen LogP contribution in [0.4, 0.5) is 0 Å². The molecule has 1 aromatic carbocycles. The van der Waals surface area contributed by atoms with E-state index in [4.69, 9.17) is 0 Å². The molecule has 0 fully saturated rings. The van der Waals surface area contributed by atoms with Gasteiger partial charge in [0.2, 0.25) is 0 Å². The Morgan fingerprint density at radius 2 is 2.09 bits per heavy atom. The molecule has 23 heavy (non-hydrogen) atoms. The maximum atomic E-state index is 4.47. The maximum Gasteiger partial charge on any atom is 0.191 e. The van der Waals surface area contributed by atoms with Crippen molar-refractivity contribution in [3.63, 3.8) is 0 Å². The van der Waals surface area contributed by atoms with Gasteiger partial charge in [-0.05, 0) is 32.4 Å². The van der Waals surface area contributed by atoms with Gasteiger partial charge in [-0.3, -0.25) is 4.99 Å². The summed E-state index contributed by atoms with van der Waals surface area (Å²) in [5.74, 6) is 0.812. The predicted octanol–water partition coefficient (Wildman–Crippen LogP) is 3.99. The van der Waals surface area contributed by atoms with Gasteiger partial charge in [0, 0.05) is 29.4 Å². The number of nitrogens with one attached hydrogen (secondary N) is 2. The average molecular weight is 395 g/mol. The smallest absolute Gasteiger partial charge is 0.191 e. The van der Waals surface area contributed by atoms with Crippen molar-refractivity contribution in [2.75, 3.05) is 13.6 Å². The van der Waals surface area contributed by atoms with E-state index in [0.29, 0.717) is 0 Å². The second-order valence-electron chi connectivity index (χ2n) is 5.38. The summed E-state index contributed by atoms with van der Waals surface area (Å²) in [6.07, 6.45) is 0.960. The number of nitrogens with zero attached hydrogens (tertiary/aromatic N) is 2. The van der Waals surface area contributed by atoms with E-state index in [2.05, 4.69) is 69.4 Å². The van der Waals surface area contributed by atoms with Crippen LogP contribution in [-0.4, -0.2) is 24.5 Å². The lowest BCUT2D eigenvalue weighted by atomic mass is 10.1. The molecule has 0 spiro atoms. The van der Waals surface area contributed by atoms with Crippen molar-refractivity contribution in [2.45, 2.75) is 33.2 Å². The van der Waals surface area contributed by atoms with E-state index in [9.17, 15) is 0 Å². The Morgan fingerprint density at radius 1 is 1.35 bits per heavy atom. The minimum Gasteiger partial charge on any atom is -0.356 e. The quantitative estimate of drug-likeness (QED) is 0.595. The molecule has 4 nitrogen and oxygen atoms in total. The Labute approximate surface area is 150 Å². The summed E-state index contributed by atoms with van der Waals surface area (Å²) in [5.41, 5.74) is 2.35. The summed E-state index contributed by atoms with van der Waals surface area (Å²) < 4.78 is 1.10. The molecule has 0 saturated carbocycles. The van der Waals surface area contributed by atoms with Gasteiger partial charge in [-0.2, -0.15) is 0 Å². The summed E-state index contributed by atoms with van der Waals surface area (Å²) in [4.78, 5) is 10.1. The fourth-order valence-electron chi connectivity index (χ4n) is 2.40. The van der Waals surface area contributed by atoms with Gasteiger partial charge in [0.1, 0.15) is 0 Å². The first kappa shape index (κ1) is 17.9. The molecule has 6 heteroatoms. The fraction of sp³-hybridized carbons (Fsp3) is 0.412. The Kier molecular flexibility index (Phi) is 6.59. The highest BCUT2D eigenvalue weighted by atomic mass is 79.9. The number of aromatic nitrogens is 1. The highest BCUT2D eigenvalue weighted by Crippen LogP contribution is 2.22. The third kappa shape index (κ3) is 5.04. The summed E-state index contributed by atoms with van der Waals surface area (Å²) in [7, 11) is 1.80. The van der Waals surface area contributed by atoms with Crippen LogP contribution < -0.4 is 10.6 Å². The van der Waals surface area contributed by atoms with Crippen molar-refractivity contribution in [1.82, 2.24) is 15.6 Å². The highest BCUT2D eigenvalue weighted by molar-refractivity contribution is 9.10. The van der Waals surface area contributed by atoms with E-state index >= 15 is 0 Å². The van der Waals surface area contributed by atoms with Crippen molar-refractivity contribution in [3.8, 4) is 0 Å². The molecule has 0 amide bonds. The molecule has 0 radical (unpaired) electrons. The van der Waals surface area contributed by atoms with Crippen LogP contribution in [0.2, 0.25) is 0 Å². The zero-order valence-corrected chi connectivity index (χ0v) is 16.4. The van der Waals surface area contributed by atoms with Gasteiger partial charge in [-0.15, -0.1) is 11.3 Å². The molecule has 2 N–H and O–H groups in total. The number of halogens is 1. The van der Waals surface area contributed by atoms with E-state index in [0.717, 1.165) is 34.1 Å². The SMILES string of the molecule is CN=C(NCCc1sc(C)nc1C)NC(C)c1ccccc1Br. The Balaban J connectivity index is 1.88. The number of hydrogen-bond acceptors (Lipinski definition) is 3. The van der Waals surface area contributed by atoms with Gasteiger partial charge in [0.05, 0.1) is 16.7 Å². The first-order valence-corrected chi connectivity index (χ1v) is 9.26. The second kappa shape index (κ2) is 8.45. The number of rotatable bonds is 5. The monoisotopic (exact) mass is 394 g/mol. The number of benzene rings is 1. The van der Waals surface area contributed by atoms with Crippen LogP contribution in [0.15, 0.2) is 33.7 Å². The fourth-order valence-corrected chi connectivity index (χ4v) is 3.97. The Hall–Kier alpha value is -1.40. The van der Waals surface area contributed by atoms with Crippen molar-refractivity contribution in [2.24, 2.45) is 4.99 Å². The molecule has 0 aliphatic rings. The molecule has 0 bridgehead atoms. The molecule has 1 unspecified atom stereocenters. The highest BCUT2D eigenvalue weighted by Gasteiger charge is 2.11. The summed E-state index contributed by atoms with van der Waals surface area (Å²) in [5, 5.41) is 7.93. The van der Waals surface area contributed by atoms with Gasteiger partial charge in [0.15, 0.2) is 5.96 Å². The van der Waals surface area contributed by atoms with Crippen LogP contribution in [0.25, 0.3) is 0 Å². The van der Waals surface area contributed by atoms with Crippen LogP contribution in [0.3, 0.4) is 0 Å². The zero-order chi connectivity index (χ0) is 16.8. The van der Waals surface area contributed by atoms with Crippen LogP contribution >= 0.6 is 27.3 Å². The number of thiazole rings is 1. The molecule has 1 atom stereocenters. The van der Waals surface area contributed by atoms with Gasteiger partial charge in [0.25, 0.3) is 0 Å². The summed E-state index contributed by atoms with van der Waals surface area (Å²) >= 11 is 5.37. The van der Waals surface area contributed by atoms with Crippen molar-refractivity contribution in [1.29, 1.82) is 0 Å². The molecule has 1 heterocycles. The van der Waals surface area contributed by atoms with E-state index in [1.807, 2.05) is 12.1 Å². The van der Waals surface area contributed by atoms with Crippen LogP contribution in [0.5, 0.6) is 0 Å². The molecule has 0 saturated heterocycles. The largest absolute Gasteiger partial charge is 0.356 e. The van der Waals surface area contributed by atoms with E-state index in [-0.39, 0.29) is 6.04 Å². The number of aryl methyl sites for hydroxylation is 2.